The Morgan fingerprint density at radius 2 is 2.33 bits per heavy atom. The van der Waals surface area contributed by atoms with Crippen LogP contribution >= 0.6 is 0 Å². The lowest BCUT2D eigenvalue weighted by atomic mass is 10.1. The van der Waals surface area contributed by atoms with Crippen molar-refractivity contribution >= 4 is 0 Å². The maximum absolute atomic E-state index is 4.69. The van der Waals surface area contributed by atoms with Crippen LogP contribution < -0.4 is 5.32 Å². The van der Waals surface area contributed by atoms with E-state index in [0.29, 0.717) is 6.04 Å². The van der Waals surface area contributed by atoms with E-state index in [0.717, 1.165) is 19.4 Å². The van der Waals surface area contributed by atoms with Gasteiger partial charge in [-0.1, -0.05) is 0 Å². The summed E-state index contributed by atoms with van der Waals surface area (Å²) in [4.78, 5) is 4.69. The van der Waals surface area contributed by atoms with Gasteiger partial charge in [-0.2, -0.15) is 0 Å². The summed E-state index contributed by atoms with van der Waals surface area (Å²) in [7, 11) is 2.01. The normalized spacial score (nSPS) is 20.3. The van der Waals surface area contributed by atoms with E-state index < -0.39 is 0 Å². The highest BCUT2D eigenvalue weighted by Crippen LogP contribution is 2.27. The summed E-state index contributed by atoms with van der Waals surface area (Å²) in [5.74, 6) is 1.30. The Morgan fingerprint density at radius 3 is 3.07 bits per heavy atom. The fourth-order valence-electron chi connectivity index (χ4n) is 2.57. The molecular formula is C12H21N3. The average Bonchev–Trinajstić information content (AvgIpc) is 2.53. The molecule has 1 unspecified atom stereocenters. The Balaban J connectivity index is 2.31. The van der Waals surface area contributed by atoms with Crippen molar-refractivity contribution in [3.63, 3.8) is 0 Å². The molecule has 3 nitrogen and oxygen atoms in total. The summed E-state index contributed by atoms with van der Waals surface area (Å²) >= 11 is 0. The number of fused-ring (bicyclic) bond motifs is 1. The van der Waals surface area contributed by atoms with E-state index in [1.54, 1.807) is 0 Å². The number of nitrogens with zero attached hydrogens (tertiary/aromatic N) is 2. The van der Waals surface area contributed by atoms with E-state index in [1.165, 1.54) is 30.1 Å². The Kier molecular flexibility index (Phi) is 3.10. The highest BCUT2D eigenvalue weighted by Gasteiger charge is 2.21. The van der Waals surface area contributed by atoms with Crippen molar-refractivity contribution in [1.29, 1.82) is 0 Å². The predicted octanol–water partition coefficient (Wildman–Crippen LogP) is 1.85. The third-order valence-electron chi connectivity index (χ3n) is 3.36. The minimum atomic E-state index is 0.641. The number of likely N-dealkylation sites (N-methyl/N-ethyl adjacent to an activating group) is 1. The largest absolute Gasteiger partial charge is 0.329 e. The van der Waals surface area contributed by atoms with Gasteiger partial charge in [0.1, 0.15) is 5.82 Å². The highest BCUT2D eigenvalue weighted by molar-refractivity contribution is 5.19. The molecule has 2 heterocycles. The molecule has 0 spiro atoms. The van der Waals surface area contributed by atoms with Crippen molar-refractivity contribution in [2.24, 2.45) is 0 Å². The van der Waals surface area contributed by atoms with Gasteiger partial charge in [-0.3, -0.25) is 0 Å². The average molecular weight is 207 g/mol. The van der Waals surface area contributed by atoms with Gasteiger partial charge in [0.05, 0.1) is 5.69 Å². The Hall–Kier alpha value is -0.830. The summed E-state index contributed by atoms with van der Waals surface area (Å²) in [6.45, 7) is 5.49. The molecule has 15 heavy (non-hydrogen) atoms. The van der Waals surface area contributed by atoms with Gasteiger partial charge in [0.25, 0.3) is 0 Å². The van der Waals surface area contributed by atoms with Crippen LogP contribution in [-0.4, -0.2) is 23.1 Å². The van der Waals surface area contributed by atoms with Crippen LogP contribution in [-0.2, 0) is 12.8 Å². The van der Waals surface area contributed by atoms with Crippen LogP contribution in [0.25, 0.3) is 0 Å². The number of hydrogen-bond acceptors (Lipinski definition) is 2. The Labute approximate surface area is 91.9 Å². The van der Waals surface area contributed by atoms with Crippen LogP contribution in [0.1, 0.15) is 43.0 Å². The lowest BCUT2D eigenvalue weighted by molar-refractivity contribution is 0.414. The summed E-state index contributed by atoms with van der Waals surface area (Å²) in [5.41, 5.74) is 2.67. The molecule has 3 heteroatoms. The Bertz CT molecular complexity index is 341. The van der Waals surface area contributed by atoms with Crippen LogP contribution in [0.5, 0.6) is 0 Å². The molecule has 84 valence electrons. The second-order valence-corrected chi connectivity index (χ2v) is 4.52. The molecule has 0 aliphatic carbocycles. The number of rotatable bonds is 3. The van der Waals surface area contributed by atoms with Gasteiger partial charge >= 0.3 is 0 Å². The first kappa shape index (κ1) is 10.7. The molecule has 0 saturated heterocycles. The number of hydrogen-bond donors (Lipinski definition) is 1. The number of aromatic nitrogens is 2. The molecule has 0 radical (unpaired) electrons. The zero-order valence-electron chi connectivity index (χ0n) is 10.0. The first-order chi connectivity index (χ1) is 7.24. The number of aryl methyl sites for hydroxylation is 2. The van der Waals surface area contributed by atoms with E-state index in [1.807, 2.05) is 7.05 Å². The van der Waals surface area contributed by atoms with Crippen LogP contribution in [0.15, 0.2) is 0 Å². The van der Waals surface area contributed by atoms with Gasteiger partial charge in [0.2, 0.25) is 0 Å². The lowest BCUT2D eigenvalue weighted by Crippen LogP contribution is -2.20. The molecule has 0 amide bonds. The van der Waals surface area contributed by atoms with Crippen molar-refractivity contribution in [3.8, 4) is 0 Å². The van der Waals surface area contributed by atoms with Crippen molar-refractivity contribution in [1.82, 2.24) is 14.9 Å². The SMILES string of the molecule is CNCCc1c(C)nc2n1C(C)CCC2. The third-order valence-corrected chi connectivity index (χ3v) is 3.36. The van der Waals surface area contributed by atoms with Crippen molar-refractivity contribution in [3.05, 3.63) is 17.2 Å². The van der Waals surface area contributed by atoms with E-state index in [9.17, 15) is 0 Å². The van der Waals surface area contributed by atoms with Crippen molar-refractivity contribution in [2.75, 3.05) is 13.6 Å². The minimum Gasteiger partial charge on any atom is -0.329 e. The second-order valence-electron chi connectivity index (χ2n) is 4.52. The Morgan fingerprint density at radius 1 is 1.53 bits per heavy atom. The van der Waals surface area contributed by atoms with E-state index >= 15 is 0 Å². The molecule has 0 saturated carbocycles. The molecule has 2 rings (SSSR count). The van der Waals surface area contributed by atoms with Gasteiger partial charge in [0, 0.05) is 31.1 Å². The molecule has 1 aromatic rings. The standard InChI is InChI=1S/C12H21N3/c1-9-5-4-6-12-14-10(2)11(15(9)12)7-8-13-3/h9,13H,4-8H2,1-3H3. The third kappa shape index (κ3) is 1.93. The predicted molar refractivity (Wildman–Crippen MR) is 62.2 cm³/mol. The molecule has 1 aliphatic rings. The topological polar surface area (TPSA) is 29.9 Å². The van der Waals surface area contributed by atoms with Crippen LogP contribution in [0.4, 0.5) is 0 Å². The van der Waals surface area contributed by atoms with Gasteiger partial charge < -0.3 is 9.88 Å². The lowest BCUT2D eigenvalue weighted by Gasteiger charge is -2.24. The molecule has 1 aromatic heterocycles. The molecule has 0 aromatic carbocycles. The fraction of sp³-hybridized carbons (Fsp3) is 0.750. The maximum Gasteiger partial charge on any atom is 0.109 e. The van der Waals surface area contributed by atoms with E-state index in [4.69, 9.17) is 0 Å². The monoisotopic (exact) mass is 207 g/mol. The molecule has 1 N–H and O–H groups in total. The van der Waals surface area contributed by atoms with Crippen LogP contribution in [0.2, 0.25) is 0 Å². The number of imidazole rings is 1. The molecule has 1 aliphatic heterocycles. The molecule has 1 atom stereocenters. The first-order valence-corrected chi connectivity index (χ1v) is 5.95. The zero-order chi connectivity index (χ0) is 10.8. The van der Waals surface area contributed by atoms with Gasteiger partial charge in [0.15, 0.2) is 0 Å². The van der Waals surface area contributed by atoms with Gasteiger partial charge in [-0.15, -0.1) is 0 Å². The van der Waals surface area contributed by atoms with Crippen molar-refractivity contribution in [2.45, 2.75) is 45.6 Å². The highest BCUT2D eigenvalue weighted by atomic mass is 15.1. The summed E-state index contributed by atoms with van der Waals surface area (Å²) in [6.07, 6.45) is 4.85. The summed E-state index contributed by atoms with van der Waals surface area (Å²) in [6, 6.07) is 0.641. The van der Waals surface area contributed by atoms with E-state index in [2.05, 4.69) is 28.7 Å². The zero-order valence-corrected chi connectivity index (χ0v) is 10.0. The van der Waals surface area contributed by atoms with Crippen molar-refractivity contribution < 1.29 is 0 Å². The molecule has 0 fully saturated rings. The van der Waals surface area contributed by atoms with Crippen LogP contribution in [0.3, 0.4) is 0 Å². The summed E-state index contributed by atoms with van der Waals surface area (Å²) in [5, 5.41) is 3.21. The van der Waals surface area contributed by atoms with Gasteiger partial charge in [-0.05, 0) is 33.7 Å². The summed E-state index contributed by atoms with van der Waals surface area (Å²) < 4.78 is 2.47. The quantitative estimate of drug-likeness (QED) is 0.819. The first-order valence-electron chi connectivity index (χ1n) is 5.95. The second kappa shape index (κ2) is 4.35. The maximum atomic E-state index is 4.69. The van der Waals surface area contributed by atoms with Crippen LogP contribution in [0, 0.1) is 6.92 Å². The molecule has 0 bridgehead atoms. The smallest absolute Gasteiger partial charge is 0.109 e. The van der Waals surface area contributed by atoms with E-state index in [-0.39, 0.29) is 0 Å². The van der Waals surface area contributed by atoms with Gasteiger partial charge in [-0.25, -0.2) is 4.98 Å². The minimum absolute atomic E-state index is 0.641. The molecular weight excluding hydrogens is 186 g/mol. The number of nitrogens with one attached hydrogen (secondary N) is 1. The fourth-order valence-corrected chi connectivity index (χ4v) is 2.57.